The summed E-state index contributed by atoms with van der Waals surface area (Å²) in [5.74, 6) is 0.0181. The lowest BCUT2D eigenvalue weighted by molar-refractivity contribution is -0.134. The van der Waals surface area contributed by atoms with Gasteiger partial charge in [0.2, 0.25) is 5.91 Å². The fraction of sp³-hybridized carbons (Fsp3) is 0.600. The largest absolute Gasteiger partial charge is 0.359 e. The normalized spacial score (nSPS) is 23.6. The molecule has 88 valence electrons. The van der Waals surface area contributed by atoms with Crippen LogP contribution in [0.5, 0.6) is 0 Å². The molecule has 6 nitrogen and oxygen atoms in total. The minimum atomic E-state index is -0.102. The molecule has 0 radical (unpaired) electrons. The first-order valence-corrected chi connectivity index (χ1v) is 5.43. The van der Waals surface area contributed by atoms with Crippen LogP contribution in [0.3, 0.4) is 0 Å². The SMILES string of the molecule is CNC(=O)CCN1C=CN2NCCC2C1=O. The van der Waals surface area contributed by atoms with Gasteiger partial charge in [0, 0.05) is 39.0 Å². The van der Waals surface area contributed by atoms with Gasteiger partial charge in [0.05, 0.1) is 0 Å². The first-order chi connectivity index (χ1) is 7.72. The lowest BCUT2D eigenvalue weighted by atomic mass is 10.1. The molecule has 1 atom stereocenters. The van der Waals surface area contributed by atoms with E-state index < -0.39 is 0 Å². The highest BCUT2D eigenvalue weighted by Crippen LogP contribution is 2.17. The Bertz CT molecular complexity index is 329. The molecule has 2 aliphatic rings. The summed E-state index contributed by atoms with van der Waals surface area (Å²) in [4.78, 5) is 24.7. The van der Waals surface area contributed by atoms with Gasteiger partial charge in [-0.05, 0) is 6.42 Å². The Morgan fingerprint density at radius 2 is 2.44 bits per heavy atom. The second kappa shape index (κ2) is 4.52. The molecule has 6 heteroatoms. The van der Waals surface area contributed by atoms with Crippen LogP contribution in [0.15, 0.2) is 12.4 Å². The quantitative estimate of drug-likeness (QED) is 0.646. The fourth-order valence-electron chi connectivity index (χ4n) is 1.93. The number of nitrogens with one attached hydrogen (secondary N) is 2. The molecule has 2 amide bonds. The Labute approximate surface area is 94.2 Å². The number of carbonyl (C=O) groups excluding carboxylic acids is 2. The highest BCUT2D eigenvalue weighted by atomic mass is 16.2. The lowest BCUT2D eigenvalue weighted by Gasteiger charge is -2.31. The van der Waals surface area contributed by atoms with Crippen molar-refractivity contribution in [3.05, 3.63) is 12.4 Å². The maximum absolute atomic E-state index is 12.0. The molecule has 16 heavy (non-hydrogen) atoms. The van der Waals surface area contributed by atoms with Gasteiger partial charge in [0.25, 0.3) is 5.91 Å². The van der Waals surface area contributed by atoms with Crippen molar-refractivity contribution in [1.29, 1.82) is 0 Å². The summed E-state index contributed by atoms with van der Waals surface area (Å²) in [7, 11) is 1.60. The van der Waals surface area contributed by atoms with Crippen molar-refractivity contribution in [3.8, 4) is 0 Å². The van der Waals surface area contributed by atoms with Crippen LogP contribution < -0.4 is 10.7 Å². The topological polar surface area (TPSA) is 64.7 Å². The molecular formula is C10H16N4O2. The highest BCUT2D eigenvalue weighted by molar-refractivity contribution is 5.85. The molecular weight excluding hydrogens is 208 g/mol. The summed E-state index contributed by atoms with van der Waals surface area (Å²) in [6.45, 7) is 1.27. The fourth-order valence-corrected chi connectivity index (χ4v) is 1.93. The summed E-state index contributed by atoms with van der Waals surface area (Å²) >= 11 is 0. The molecule has 0 aromatic heterocycles. The van der Waals surface area contributed by atoms with E-state index in [0.717, 1.165) is 13.0 Å². The molecule has 0 bridgehead atoms. The molecule has 0 aromatic carbocycles. The maximum Gasteiger partial charge on any atom is 0.250 e. The van der Waals surface area contributed by atoms with E-state index >= 15 is 0 Å². The van der Waals surface area contributed by atoms with Gasteiger partial charge in [-0.25, -0.2) is 5.43 Å². The van der Waals surface area contributed by atoms with Crippen molar-refractivity contribution in [2.45, 2.75) is 18.9 Å². The minimum absolute atomic E-state index is 0.0480. The standard InChI is InChI=1S/C10H16N4O2/c1-11-9(15)3-5-13-6-7-14-8(10(13)16)2-4-12-14/h6-8,12H,2-5H2,1H3,(H,11,15). The van der Waals surface area contributed by atoms with E-state index in [2.05, 4.69) is 10.7 Å². The Morgan fingerprint density at radius 3 is 3.19 bits per heavy atom. The summed E-state index contributed by atoms with van der Waals surface area (Å²) in [5.41, 5.74) is 3.11. The van der Waals surface area contributed by atoms with Crippen LogP contribution in [0.1, 0.15) is 12.8 Å². The van der Waals surface area contributed by atoms with Crippen molar-refractivity contribution in [1.82, 2.24) is 20.7 Å². The van der Waals surface area contributed by atoms with Crippen LogP contribution >= 0.6 is 0 Å². The molecule has 0 aromatic rings. The average molecular weight is 224 g/mol. The van der Waals surface area contributed by atoms with Crippen LogP contribution in [0.25, 0.3) is 0 Å². The monoisotopic (exact) mass is 224 g/mol. The summed E-state index contributed by atoms with van der Waals surface area (Å²) in [6, 6.07) is -0.102. The van der Waals surface area contributed by atoms with Crippen molar-refractivity contribution in [3.63, 3.8) is 0 Å². The van der Waals surface area contributed by atoms with E-state index in [4.69, 9.17) is 0 Å². The van der Waals surface area contributed by atoms with Gasteiger partial charge >= 0.3 is 0 Å². The van der Waals surface area contributed by atoms with E-state index in [0.29, 0.717) is 13.0 Å². The number of hydrogen-bond donors (Lipinski definition) is 2. The number of rotatable bonds is 3. The molecule has 1 unspecified atom stereocenters. The first kappa shape index (κ1) is 10.9. The lowest BCUT2D eigenvalue weighted by Crippen LogP contribution is -2.48. The zero-order valence-corrected chi connectivity index (χ0v) is 9.27. The second-order valence-corrected chi connectivity index (χ2v) is 3.87. The highest BCUT2D eigenvalue weighted by Gasteiger charge is 2.34. The zero-order chi connectivity index (χ0) is 11.5. The third kappa shape index (κ3) is 2.01. The number of nitrogens with zero attached hydrogens (tertiary/aromatic N) is 2. The molecule has 2 aliphatic heterocycles. The predicted molar refractivity (Wildman–Crippen MR) is 57.8 cm³/mol. The summed E-state index contributed by atoms with van der Waals surface area (Å²) in [6.07, 6.45) is 4.73. The molecule has 0 spiro atoms. The Balaban J connectivity index is 1.94. The molecule has 2 N–H and O–H groups in total. The van der Waals surface area contributed by atoms with Gasteiger partial charge in [-0.3, -0.25) is 9.59 Å². The van der Waals surface area contributed by atoms with E-state index in [1.807, 2.05) is 11.2 Å². The van der Waals surface area contributed by atoms with Crippen LogP contribution in [-0.4, -0.2) is 47.9 Å². The van der Waals surface area contributed by atoms with Gasteiger partial charge < -0.3 is 15.2 Å². The van der Waals surface area contributed by atoms with Crippen LogP contribution in [-0.2, 0) is 9.59 Å². The van der Waals surface area contributed by atoms with Crippen molar-refractivity contribution in [2.75, 3.05) is 20.1 Å². The molecule has 0 aliphatic carbocycles. The van der Waals surface area contributed by atoms with Crippen molar-refractivity contribution < 1.29 is 9.59 Å². The minimum Gasteiger partial charge on any atom is -0.359 e. The van der Waals surface area contributed by atoms with Crippen molar-refractivity contribution >= 4 is 11.8 Å². The Morgan fingerprint density at radius 1 is 1.62 bits per heavy atom. The van der Waals surface area contributed by atoms with Gasteiger partial charge in [-0.1, -0.05) is 0 Å². The van der Waals surface area contributed by atoms with E-state index in [1.165, 1.54) is 0 Å². The van der Waals surface area contributed by atoms with E-state index in [-0.39, 0.29) is 17.9 Å². The van der Waals surface area contributed by atoms with Crippen LogP contribution in [0.2, 0.25) is 0 Å². The van der Waals surface area contributed by atoms with E-state index in [9.17, 15) is 9.59 Å². The number of hydrazine groups is 1. The van der Waals surface area contributed by atoms with E-state index in [1.54, 1.807) is 18.1 Å². The van der Waals surface area contributed by atoms with Crippen LogP contribution in [0.4, 0.5) is 0 Å². The molecule has 1 fully saturated rings. The first-order valence-electron chi connectivity index (χ1n) is 5.43. The summed E-state index contributed by atoms with van der Waals surface area (Å²) in [5, 5.41) is 4.37. The molecule has 2 rings (SSSR count). The number of amides is 2. The number of fused-ring (bicyclic) bond motifs is 1. The Kier molecular flexibility index (Phi) is 3.09. The van der Waals surface area contributed by atoms with Gasteiger partial charge in [0.1, 0.15) is 6.04 Å². The zero-order valence-electron chi connectivity index (χ0n) is 9.27. The van der Waals surface area contributed by atoms with Gasteiger partial charge in [0.15, 0.2) is 0 Å². The average Bonchev–Trinajstić information content (AvgIpc) is 2.76. The maximum atomic E-state index is 12.0. The van der Waals surface area contributed by atoms with Crippen LogP contribution in [0, 0.1) is 0 Å². The number of hydrogen-bond acceptors (Lipinski definition) is 4. The molecule has 1 saturated heterocycles. The smallest absolute Gasteiger partial charge is 0.250 e. The predicted octanol–water partition coefficient (Wildman–Crippen LogP) is -0.985. The number of carbonyl (C=O) groups is 2. The third-order valence-electron chi connectivity index (χ3n) is 2.88. The van der Waals surface area contributed by atoms with Crippen molar-refractivity contribution in [2.24, 2.45) is 0 Å². The molecule has 0 saturated carbocycles. The van der Waals surface area contributed by atoms with Gasteiger partial charge in [-0.15, -0.1) is 0 Å². The van der Waals surface area contributed by atoms with Gasteiger partial charge in [-0.2, -0.15) is 0 Å². The second-order valence-electron chi connectivity index (χ2n) is 3.87. The Hall–Kier alpha value is -1.56. The summed E-state index contributed by atoms with van der Waals surface area (Å²) < 4.78 is 0. The molecule has 2 heterocycles. The third-order valence-corrected chi connectivity index (χ3v) is 2.88.